The lowest BCUT2D eigenvalue weighted by atomic mass is 10.1. The van der Waals surface area contributed by atoms with E-state index in [1.54, 1.807) is 13.3 Å². The number of hydrogen-bond donors (Lipinski definition) is 0. The molecule has 2 heterocycles. The molecule has 0 unspecified atom stereocenters. The molecule has 0 bridgehead atoms. The van der Waals surface area contributed by atoms with E-state index >= 15 is 0 Å². The van der Waals surface area contributed by atoms with E-state index in [0.717, 1.165) is 31.3 Å². The molecule has 1 saturated heterocycles. The topological polar surface area (TPSA) is 47.7 Å². The molecule has 5 heteroatoms. The average molecular weight is 254 g/mol. The van der Waals surface area contributed by atoms with Gasteiger partial charge in [-0.15, -0.1) is 0 Å². The fourth-order valence-corrected chi connectivity index (χ4v) is 2.48. The molecule has 1 aromatic rings. The van der Waals surface area contributed by atoms with Crippen LogP contribution in [0.1, 0.15) is 25.5 Å². The van der Waals surface area contributed by atoms with E-state index in [9.17, 15) is 0 Å². The van der Waals surface area contributed by atoms with E-state index in [1.165, 1.54) is 0 Å². The molecule has 1 aliphatic heterocycles. The van der Waals surface area contributed by atoms with Gasteiger partial charge in [0.25, 0.3) is 0 Å². The summed E-state index contributed by atoms with van der Waals surface area (Å²) in [5.41, 5.74) is -0.164. The van der Waals surface area contributed by atoms with E-state index in [0.29, 0.717) is 6.61 Å². The van der Waals surface area contributed by atoms with Crippen molar-refractivity contribution >= 4 is 0 Å². The molecule has 0 radical (unpaired) electrons. The van der Waals surface area contributed by atoms with Crippen LogP contribution in [-0.2, 0) is 16.0 Å². The van der Waals surface area contributed by atoms with Crippen molar-refractivity contribution in [3.63, 3.8) is 0 Å². The summed E-state index contributed by atoms with van der Waals surface area (Å²) < 4.78 is 16.7. The normalized spacial score (nSPS) is 24.3. The van der Waals surface area contributed by atoms with Gasteiger partial charge in [0.05, 0.1) is 31.1 Å². The standard InChI is InChI=1S/C13H22N2O3/c1-10-5-14-12(17-10)7-15-6-11(8-16-4)18-13(2,3)9-15/h5,11H,6-9H2,1-4H3/t11-/m1/s1. The van der Waals surface area contributed by atoms with Crippen LogP contribution in [0.4, 0.5) is 0 Å². The minimum absolute atomic E-state index is 0.106. The third kappa shape index (κ3) is 3.54. The highest BCUT2D eigenvalue weighted by molar-refractivity contribution is 4.92. The average Bonchev–Trinajstić information content (AvgIpc) is 2.61. The summed E-state index contributed by atoms with van der Waals surface area (Å²) in [6, 6.07) is 0. The second-order valence-corrected chi connectivity index (χ2v) is 5.49. The van der Waals surface area contributed by atoms with Gasteiger partial charge in [0, 0.05) is 20.2 Å². The third-order valence-electron chi connectivity index (χ3n) is 2.93. The van der Waals surface area contributed by atoms with Crippen LogP contribution < -0.4 is 0 Å². The maximum Gasteiger partial charge on any atom is 0.208 e. The van der Waals surface area contributed by atoms with E-state index < -0.39 is 0 Å². The second-order valence-electron chi connectivity index (χ2n) is 5.49. The van der Waals surface area contributed by atoms with Crippen molar-refractivity contribution in [2.45, 2.75) is 39.0 Å². The Bertz CT molecular complexity index is 389. The molecule has 0 aliphatic carbocycles. The lowest BCUT2D eigenvalue weighted by Crippen LogP contribution is -2.53. The van der Waals surface area contributed by atoms with Crippen LogP contribution in [-0.4, -0.2) is 48.4 Å². The Labute approximate surface area is 108 Å². The molecule has 1 aliphatic rings. The van der Waals surface area contributed by atoms with Crippen LogP contribution in [0.25, 0.3) is 0 Å². The highest BCUT2D eigenvalue weighted by atomic mass is 16.5. The summed E-state index contributed by atoms with van der Waals surface area (Å²) >= 11 is 0. The first-order valence-electron chi connectivity index (χ1n) is 6.29. The molecule has 2 rings (SSSR count). The Kier molecular flexibility index (Phi) is 4.04. The van der Waals surface area contributed by atoms with Crippen LogP contribution in [0.5, 0.6) is 0 Å². The summed E-state index contributed by atoms with van der Waals surface area (Å²) in [6.45, 7) is 9.16. The fraction of sp³-hybridized carbons (Fsp3) is 0.769. The Balaban J connectivity index is 1.98. The van der Waals surface area contributed by atoms with Gasteiger partial charge in [-0.2, -0.15) is 0 Å². The van der Waals surface area contributed by atoms with Crippen LogP contribution in [0.15, 0.2) is 10.6 Å². The largest absolute Gasteiger partial charge is 0.445 e. The van der Waals surface area contributed by atoms with Gasteiger partial charge in [-0.05, 0) is 20.8 Å². The first-order chi connectivity index (χ1) is 8.48. The number of aryl methyl sites for hydroxylation is 1. The molecule has 0 spiro atoms. The van der Waals surface area contributed by atoms with Crippen molar-refractivity contribution in [1.82, 2.24) is 9.88 Å². The monoisotopic (exact) mass is 254 g/mol. The second kappa shape index (κ2) is 5.38. The zero-order valence-corrected chi connectivity index (χ0v) is 11.6. The minimum Gasteiger partial charge on any atom is -0.445 e. The summed E-state index contributed by atoms with van der Waals surface area (Å²) in [5.74, 6) is 1.62. The highest BCUT2D eigenvalue weighted by Crippen LogP contribution is 2.22. The SMILES string of the molecule is COC[C@H]1CN(Cc2ncc(C)o2)CC(C)(C)O1. The zero-order valence-electron chi connectivity index (χ0n) is 11.6. The van der Waals surface area contributed by atoms with Gasteiger partial charge in [0.1, 0.15) is 5.76 Å². The molecule has 1 atom stereocenters. The highest BCUT2D eigenvalue weighted by Gasteiger charge is 2.33. The molecule has 18 heavy (non-hydrogen) atoms. The Morgan fingerprint density at radius 1 is 1.56 bits per heavy atom. The lowest BCUT2D eigenvalue weighted by molar-refractivity contribution is -0.155. The van der Waals surface area contributed by atoms with Crippen molar-refractivity contribution in [2.24, 2.45) is 0 Å². The minimum atomic E-state index is -0.164. The number of ether oxygens (including phenoxy) is 2. The molecule has 0 amide bonds. The molecule has 0 aromatic carbocycles. The van der Waals surface area contributed by atoms with E-state index in [-0.39, 0.29) is 11.7 Å². The predicted octanol–water partition coefficient (Wildman–Crippen LogP) is 1.61. The van der Waals surface area contributed by atoms with Gasteiger partial charge in [-0.3, -0.25) is 4.90 Å². The van der Waals surface area contributed by atoms with E-state index in [2.05, 4.69) is 23.7 Å². The summed E-state index contributed by atoms with van der Waals surface area (Å²) in [6.07, 6.45) is 1.86. The predicted molar refractivity (Wildman–Crippen MR) is 67.3 cm³/mol. The number of methoxy groups -OCH3 is 1. The molecule has 1 fully saturated rings. The maximum atomic E-state index is 5.97. The molecular formula is C13H22N2O3. The van der Waals surface area contributed by atoms with Gasteiger partial charge >= 0.3 is 0 Å². The molecule has 5 nitrogen and oxygen atoms in total. The van der Waals surface area contributed by atoms with Crippen molar-refractivity contribution < 1.29 is 13.9 Å². The molecular weight excluding hydrogens is 232 g/mol. The number of rotatable bonds is 4. The van der Waals surface area contributed by atoms with Crippen molar-refractivity contribution in [3.8, 4) is 0 Å². The fourth-order valence-electron chi connectivity index (χ4n) is 2.48. The smallest absolute Gasteiger partial charge is 0.208 e. The zero-order chi connectivity index (χ0) is 13.2. The molecule has 0 N–H and O–H groups in total. The third-order valence-corrected chi connectivity index (χ3v) is 2.93. The first-order valence-corrected chi connectivity index (χ1v) is 6.29. The number of morpholine rings is 1. The van der Waals surface area contributed by atoms with Crippen LogP contribution in [0, 0.1) is 6.92 Å². The first kappa shape index (κ1) is 13.5. The quantitative estimate of drug-likeness (QED) is 0.817. The Morgan fingerprint density at radius 3 is 2.94 bits per heavy atom. The van der Waals surface area contributed by atoms with Crippen LogP contribution >= 0.6 is 0 Å². The Hall–Kier alpha value is -0.910. The lowest BCUT2D eigenvalue weighted by Gasteiger charge is -2.42. The van der Waals surface area contributed by atoms with Crippen molar-refractivity contribution in [2.75, 3.05) is 26.8 Å². The van der Waals surface area contributed by atoms with Gasteiger partial charge in [0.2, 0.25) is 5.89 Å². The molecule has 0 saturated carbocycles. The Morgan fingerprint density at radius 2 is 2.33 bits per heavy atom. The van der Waals surface area contributed by atoms with Crippen molar-refractivity contribution in [1.29, 1.82) is 0 Å². The molecule has 1 aromatic heterocycles. The molecule has 102 valence electrons. The van der Waals surface area contributed by atoms with E-state index in [1.807, 2.05) is 6.92 Å². The van der Waals surface area contributed by atoms with Gasteiger partial charge in [0.15, 0.2) is 0 Å². The summed E-state index contributed by atoms with van der Waals surface area (Å²) in [5, 5.41) is 0. The van der Waals surface area contributed by atoms with Gasteiger partial charge in [-0.1, -0.05) is 0 Å². The van der Waals surface area contributed by atoms with Gasteiger partial charge < -0.3 is 13.9 Å². The van der Waals surface area contributed by atoms with Crippen molar-refractivity contribution in [3.05, 3.63) is 17.8 Å². The number of aromatic nitrogens is 1. The van der Waals surface area contributed by atoms with Gasteiger partial charge in [-0.25, -0.2) is 4.98 Å². The number of nitrogens with zero attached hydrogens (tertiary/aromatic N) is 2. The van der Waals surface area contributed by atoms with E-state index in [4.69, 9.17) is 13.9 Å². The van der Waals surface area contributed by atoms with Crippen LogP contribution in [0.2, 0.25) is 0 Å². The number of oxazole rings is 1. The maximum absolute atomic E-state index is 5.97. The van der Waals surface area contributed by atoms with Crippen LogP contribution in [0.3, 0.4) is 0 Å². The summed E-state index contributed by atoms with van der Waals surface area (Å²) in [7, 11) is 1.70. The number of hydrogen-bond acceptors (Lipinski definition) is 5. The summed E-state index contributed by atoms with van der Waals surface area (Å²) in [4.78, 5) is 6.55.